The molecule has 3 N–H and O–H groups in total. The molecular formula is C9H10InNO3. The van der Waals surface area contributed by atoms with Gasteiger partial charge in [-0.2, -0.15) is 0 Å². The molecule has 0 aliphatic heterocycles. The van der Waals surface area contributed by atoms with Crippen LogP contribution >= 0.6 is 0 Å². The number of nitrogens with zero attached hydrogens (tertiary/aromatic N) is 1. The molecule has 1 aromatic heterocycles. The summed E-state index contributed by atoms with van der Waals surface area (Å²) in [5, 5.41) is 28.0. The molecule has 0 bridgehead atoms. The summed E-state index contributed by atoms with van der Waals surface area (Å²) in [7, 11) is 0. The number of aromatic hydroxyl groups is 3. The zero-order valence-electron chi connectivity index (χ0n) is 6.60. The van der Waals surface area contributed by atoms with Crippen LogP contribution in [0.3, 0.4) is 0 Å². The fourth-order valence-corrected chi connectivity index (χ4v) is 1.17. The Morgan fingerprint density at radius 3 is 2.29 bits per heavy atom. The molecule has 14 heavy (non-hydrogen) atoms. The molecule has 4 nitrogen and oxygen atoms in total. The Balaban J connectivity index is 0.000000980. The molecule has 0 unspecified atom stereocenters. The maximum atomic E-state index is 9.39. The summed E-state index contributed by atoms with van der Waals surface area (Å²) < 4.78 is 0. The van der Waals surface area contributed by atoms with Gasteiger partial charge >= 0.3 is 25.8 Å². The van der Waals surface area contributed by atoms with E-state index in [1.54, 1.807) is 24.3 Å². The van der Waals surface area contributed by atoms with E-state index in [-0.39, 0.29) is 31.6 Å². The van der Waals surface area contributed by atoms with Crippen molar-refractivity contribution in [3.8, 4) is 17.4 Å². The van der Waals surface area contributed by atoms with Crippen molar-refractivity contribution in [1.82, 2.24) is 4.98 Å². The first-order valence-corrected chi connectivity index (χ1v) is 3.70. The minimum absolute atomic E-state index is 0. The van der Waals surface area contributed by atoms with Crippen molar-refractivity contribution >= 4 is 36.7 Å². The predicted molar refractivity (Wildman–Crippen MR) is 56.7 cm³/mol. The molecule has 0 amide bonds. The molecule has 1 heterocycles. The van der Waals surface area contributed by atoms with Gasteiger partial charge in [-0.1, -0.05) is 12.1 Å². The van der Waals surface area contributed by atoms with Gasteiger partial charge in [0.2, 0.25) is 5.75 Å². The van der Waals surface area contributed by atoms with Gasteiger partial charge in [0.15, 0.2) is 5.75 Å². The molecule has 0 saturated carbocycles. The van der Waals surface area contributed by atoms with E-state index >= 15 is 0 Å². The number of pyridine rings is 1. The summed E-state index contributed by atoms with van der Waals surface area (Å²) in [5.74, 6) is -1.49. The Labute approximate surface area is 98.6 Å². The number of hydrogen-bond donors (Lipinski definition) is 3. The van der Waals surface area contributed by atoms with E-state index < -0.39 is 11.6 Å². The fraction of sp³-hybridized carbons (Fsp3) is 0. The second-order valence-corrected chi connectivity index (χ2v) is 2.65. The Kier molecular flexibility index (Phi) is 3.10. The fourth-order valence-electron chi connectivity index (χ4n) is 1.17. The maximum absolute atomic E-state index is 9.39. The molecule has 2 aromatic rings. The van der Waals surface area contributed by atoms with Crippen LogP contribution in [0.25, 0.3) is 10.9 Å². The Morgan fingerprint density at radius 2 is 1.57 bits per heavy atom. The Hall–Kier alpha value is -1.10. The van der Waals surface area contributed by atoms with Crippen LogP contribution in [0.1, 0.15) is 0 Å². The Bertz CT molecular complexity index is 473. The van der Waals surface area contributed by atoms with Crippen molar-refractivity contribution in [2.75, 3.05) is 0 Å². The molecular weight excluding hydrogens is 285 g/mol. The van der Waals surface area contributed by atoms with Crippen molar-refractivity contribution in [1.29, 1.82) is 0 Å². The number of para-hydroxylation sites is 1. The third-order valence-electron chi connectivity index (χ3n) is 1.82. The van der Waals surface area contributed by atoms with Crippen molar-refractivity contribution in [3.05, 3.63) is 24.3 Å². The van der Waals surface area contributed by atoms with Crippen LogP contribution in [0.4, 0.5) is 0 Å². The van der Waals surface area contributed by atoms with Crippen molar-refractivity contribution in [3.63, 3.8) is 0 Å². The molecule has 0 atom stereocenters. The van der Waals surface area contributed by atoms with Gasteiger partial charge in [-0.3, -0.25) is 0 Å². The van der Waals surface area contributed by atoms with Gasteiger partial charge in [-0.25, -0.2) is 4.98 Å². The third kappa shape index (κ3) is 1.59. The van der Waals surface area contributed by atoms with Crippen LogP contribution in [-0.2, 0) is 0 Å². The standard InChI is InChI=1S/C9H7NO3.In.3H/c11-7-5-3-1-2-4-6(5)10-9(13)8(7)12;;;;/h1-4,12H,(H2,10,11,13);;;;. The van der Waals surface area contributed by atoms with Crippen molar-refractivity contribution in [2.45, 2.75) is 0 Å². The van der Waals surface area contributed by atoms with Gasteiger partial charge in [0.1, 0.15) is 0 Å². The van der Waals surface area contributed by atoms with Crippen molar-refractivity contribution in [2.24, 2.45) is 0 Å². The van der Waals surface area contributed by atoms with E-state index in [9.17, 15) is 5.11 Å². The topological polar surface area (TPSA) is 73.6 Å². The van der Waals surface area contributed by atoms with Crippen LogP contribution in [0.2, 0.25) is 0 Å². The first-order valence-electron chi connectivity index (χ1n) is 3.70. The third-order valence-corrected chi connectivity index (χ3v) is 1.82. The van der Waals surface area contributed by atoms with Crippen LogP contribution < -0.4 is 0 Å². The van der Waals surface area contributed by atoms with Crippen LogP contribution in [0.5, 0.6) is 17.4 Å². The number of aromatic nitrogens is 1. The van der Waals surface area contributed by atoms with Gasteiger partial charge in [0.25, 0.3) is 5.88 Å². The first kappa shape index (κ1) is 11.0. The van der Waals surface area contributed by atoms with Crippen LogP contribution in [0.15, 0.2) is 24.3 Å². The summed E-state index contributed by atoms with van der Waals surface area (Å²) in [5.41, 5.74) is 0.440. The average molecular weight is 295 g/mol. The van der Waals surface area contributed by atoms with Gasteiger partial charge in [-0.15, -0.1) is 0 Å². The van der Waals surface area contributed by atoms with Gasteiger partial charge in [0, 0.05) is 5.39 Å². The Morgan fingerprint density at radius 1 is 0.929 bits per heavy atom. The summed E-state index contributed by atoms with van der Waals surface area (Å²) in [6.45, 7) is 0. The average Bonchev–Trinajstić information content (AvgIpc) is 2.15. The molecule has 1 aromatic carbocycles. The molecule has 0 aliphatic rings. The zero-order valence-corrected chi connectivity index (χ0v) is 6.60. The summed E-state index contributed by atoms with van der Waals surface area (Å²) >= 11 is 0. The monoisotopic (exact) mass is 295 g/mol. The van der Waals surface area contributed by atoms with Crippen LogP contribution in [0, 0.1) is 0 Å². The SMILES string of the molecule is Oc1nc2ccccc2c(O)c1O.[InH3]. The second kappa shape index (κ2) is 3.96. The molecule has 0 aliphatic carbocycles. The molecule has 5 heteroatoms. The van der Waals surface area contributed by atoms with E-state index in [0.717, 1.165) is 0 Å². The summed E-state index contributed by atoms with van der Waals surface area (Å²) in [6, 6.07) is 6.68. The first-order chi connectivity index (χ1) is 6.20. The van der Waals surface area contributed by atoms with E-state index in [1.807, 2.05) is 0 Å². The molecule has 72 valence electrons. The summed E-state index contributed by atoms with van der Waals surface area (Å²) in [4.78, 5) is 3.68. The molecule has 0 spiro atoms. The molecule has 0 fully saturated rings. The molecule has 0 saturated heterocycles. The predicted octanol–water partition coefficient (Wildman–Crippen LogP) is 0.168. The number of fused-ring (bicyclic) bond motifs is 1. The van der Waals surface area contributed by atoms with Gasteiger partial charge < -0.3 is 15.3 Å². The quantitative estimate of drug-likeness (QED) is 0.647. The van der Waals surface area contributed by atoms with Crippen molar-refractivity contribution < 1.29 is 15.3 Å². The van der Waals surface area contributed by atoms with E-state index in [1.165, 1.54) is 0 Å². The van der Waals surface area contributed by atoms with Gasteiger partial charge in [-0.05, 0) is 12.1 Å². The second-order valence-electron chi connectivity index (χ2n) is 2.65. The number of hydrogen-bond acceptors (Lipinski definition) is 4. The zero-order chi connectivity index (χ0) is 9.42. The number of rotatable bonds is 0. The van der Waals surface area contributed by atoms with E-state index in [0.29, 0.717) is 10.9 Å². The van der Waals surface area contributed by atoms with E-state index in [4.69, 9.17) is 10.2 Å². The number of benzene rings is 1. The van der Waals surface area contributed by atoms with Crippen LogP contribution in [-0.4, -0.2) is 46.1 Å². The minimum atomic E-state index is -0.585. The van der Waals surface area contributed by atoms with E-state index in [2.05, 4.69) is 4.98 Å². The summed E-state index contributed by atoms with van der Waals surface area (Å²) in [6.07, 6.45) is 0. The van der Waals surface area contributed by atoms with Gasteiger partial charge in [0.05, 0.1) is 5.52 Å². The normalized spacial score (nSPS) is 9.71. The molecule has 0 radical (unpaired) electrons. The molecule has 2 rings (SSSR count).